The van der Waals surface area contributed by atoms with E-state index in [2.05, 4.69) is 13.0 Å². The van der Waals surface area contributed by atoms with Crippen LogP contribution in [0.4, 0.5) is 0 Å². The summed E-state index contributed by atoms with van der Waals surface area (Å²) in [6.07, 6.45) is 3.38. The van der Waals surface area contributed by atoms with E-state index in [1.165, 1.54) is 17.2 Å². The molecule has 4 nitrogen and oxygen atoms in total. The number of benzene rings is 1. The number of aromatic carboxylic acids is 1. The molecule has 1 N–H and O–H groups in total. The first kappa shape index (κ1) is 11.6. The molecule has 2 aromatic heterocycles. The molecule has 0 radical (unpaired) electrons. The zero-order chi connectivity index (χ0) is 13.4. The van der Waals surface area contributed by atoms with E-state index in [1.54, 1.807) is 6.07 Å². The average molecular weight is 255 g/mol. The lowest BCUT2D eigenvalue weighted by molar-refractivity contribution is 0.0660. The number of carbonyl (C=O) groups is 1. The van der Waals surface area contributed by atoms with E-state index in [0.29, 0.717) is 12.1 Å². The Morgan fingerprint density at radius 3 is 2.95 bits per heavy atom. The van der Waals surface area contributed by atoms with E-state index in [1.807, 2.05) is 29.0 Å². The van der Waals surface area contributed by atoms with Crippen molar-refractivity contribution in [3.63, 3.8) is 0 Å². The van der Waals surface area contributed by atoms with Crippen LogP contribution in [0, 0.1) is 6.92 Å². The van der Waals surface area contributed by atoms with Crippen molar-refractivity contribution in [3.05, 3.63) is 59.7 Å². The van der Waals surface area contributed by atoms with Crippen molar-refractivity contribution in [1.29, 1.82) is 0 Å². The van der Waals surface area contributed by atoms with Crippen LogP contribution in [-0.4, -0.2) is 15.6 Å². The molecule has 0 aliphatic heterocycles. The third kappa shape index (κ3) is 1.91. The predicted octanol–water partition coefficient (Wildman–Crippen LogP) is 3.29. The summed E-state index contributed by atoms with van der Waals surface area (Å²) in [7, 11) is 0. The van der Waals surface area contributed by atoms with Crippen molar-refractivity contribution < 1.29 is 14.3 Å². The van der Waals surface area contributed by atoms with Gasteiger partial charge in [-0.25, -0.2) is 4.79 Å². The largest absolute Gasteiger partial charge is 0.475 e. The minimum atomic E-state index is -1.03. The lowest BCUT2D eigenvalue weighted by Crippen LogP contribution is -2.03. The fourth-order valence-corrected chi connectivity index (χ4v) is 2.35. The van der Waals surface area contributed by atoms with Gasteiger partial charge in [-0.2, -0.15) is 0 Å². The maximum atomic E-state index is 11.0. The standard InChI is InChI=1S/C15H13NO3/c1-10-3-2-4-13-12(10)5-7-16(13)9-11-6-8-19-14(11)15(17)18/h2-8H,9H2,1H3,(H,17,18). The quantitative estimate of drug-likeness (QED) is 0.781. The van der Waals surface area contributed by atoms with Gasteiger partial charge in [-0.05, 0) is 30.7 Å². The van der Waals surface area contributed by atoms with Crippen molar-refractivity contribution >= 4 is 16.9 Å². The summed E-state index contributed by atoms with van der Waals surface area (Å²) in [5.41, 5.74) is 2.98. The van der Waals surface area contributed by atoms with E-state index in [-0.39, 0.29) is 5.76 Å². The van der Waals surface area contributed by atoms with Crippen LogP contribution < -0.4 is 0 Å². The molecule has 3 rings (SSSR count). The van der Waals surface area contributed by atoms with Gasteiger partial charge in [0, 0.05) is 22.7 Å². The Bertz CT molecular complexity index is 752. The van der Waals surface area contributed by atoms with Gasteiger partial charge in [0.15, 0.2) is 0 Å². The van der Waals surface area contributed by atoms with Crippen LogP contribution in [0.3, 0.4) is 0 Å². The Morgan fingerprint density at radius 2 is 2.16 bits per heavy atom. The van der Waals surface area contributed by atoms with Gasteiger partial charge in [0.25, 0.3) is 0 Å². The molecule has 0 aliphatic rings. The van der Waals surface area contributed by atoms with Crippen LogP contribution in [-0.2, 0) is 6.54 Å². The van der Waals surface area contributed by atoms with E-state index < -0.39 is 5.97 Å². The summed E-state index contributed by atoms with van der Waals surface area (Å²) in [4.78, 5) is 11.0. The van der Waals surface area contributed by atoms with Crippen LogP contribution >= 0.6 is 0 Å². The molecule has 19 heavy (non-hydrogen) atoms. The van der Waals surface area contributed by atoms with Gasteiger partial charge in [0.05, 0.1) is 12.8 Å². The van der Waals surface area contributed by atoms with E-state index >= 15 is 0 Å². The molecule has 0 spiro atoms. The van der Waals surface area contributed by atoms with Gasteiger partial charge in [0.2, 0.25) is 5.76 Å². The Morgan fingerprint density at radius 1 is 1.32 bits per heavy atom. The fourth-order valence-electron chi connectivity index (χ4n) is 2.35. The Balaban J connectivity index is 2.04. The van der Waals surface area contributed by atoms with E-state index in [9.17, 15) is 4.79 Å². The molecule has 0 atom stereocenters. The summed E-state index contributed by atoms with van der Waals surface area (Å²) in [5, 5.41) is 10.2. The highest BCUT2D eigenvalue weighted by Crippen LogP contribution is 2.21. The molecule has 0 fully saturated rings. The van der Waals surface area contributed by atoms with Gasteiger partial charge in [0.1, 0.15) is 0 Å². The summed E-state index contributed by atoms with van der Waals surface area (Å²) >= 11 is 0. The molecule has 4 heteroatoms. The monoisotopic (exact) mass is 255 g/mol. The summed E-state index contributed by atoms with van der Waals surface area (Å²) < 4.78 is 7.03. The van der Waals surface area contributed by atoms with Gasteiger partial charge >= 0.3 is 5.97 Å². The number of rotatable bonds is 3. The number of aryl methyl sites for hydroxylation is 1. The molecule has 0 saturated heterocycles. The SMILES string of the molecule is Cc1cccc2c1ccn2Cc1ccoc1C(=O)O. The molecule has 0 unspecified atom stereocenters. The number of carboxylic acid groups (broad SMARTS) is 1. The third-order valence-corrected chi connectivity index (χ3v) is 3.31. The first-order chi connectivity index (χ1) is 9.16. The number of nitrogens with zero attached hydrogens (tertiary/aromatic N) is 1. The number of hydrogen-bond acceptors (Lipinski definition) is 2. The highest BCUT2D eigenvalue weighted by atomic mass is 16.4. The predicted molar refractivity (Wildman–Crippen MR) is 71.4 cm³/mol. The van der Waals surface area contributed by atoms with Crippen molar-refractivity contribution in [2.75, 3.05) is 0 Å². The zero-order valence-electron chi connectivity index (χ0n) is 10.5. The second-order valence-corrected chi connectivity index (χ2v) is 4.53. The molecule has 0 amide bonds. The molecule has 2 heterocycles. The fraction of sp³-hybridized carbons (Fsp3) is 0.133. The normalized spacial score (nSPS) is 11.0. The first-order valence-corrected chi connectivity index (χ1v) is 6.01. The lowest BCUT2D eigenvalue weighted by Gasteiger charge is -2.05. The molecule has 0 bridgehead atoms. The third-order valence-electron chi connectivity index (χ3n) is 3.31. The maximum Gasteiger partial charge on any atom is 0.372 e. The van der Waals surface area contributed by atoms with Gasteiger partial charge in [-0.15, -0.1) is 0 Å². The highest BCUT2D eigenvalue weighted by molar-refractivity contribution is 5.86. The van der Waals surface area contributed by atoms with Crippen molar-refractivity contribution in [2.45, 2.75) is 13.5 Å². The second-order valence-electron chi connectivity index (χ2n) is 4.53. The number of carboxylic acids is 1. The Hall–Kier alpha value is -2.49. The Labute approximate surface area is 109 Å². The van der Waals surface area contributed by atoms with Crippen LogP contribution in [0.1, 0.15) is 21.7 Å². The molecule has 3 aromatic rings. The summed E-state index contributed by atoms with van der Waals surface area (Å²) in [6, 6.07) is 9.84. The second kappa shape index (κ2) is 4.31. The van der Waals surface area contributed by atoms with Gasteiger partial charge < -0.3 is 14.1 Å². The van der Waals surface area contributed by atoms with Gasteiger partial charge in [-0.1, -0.05) is 12.1 Å². The molecular formula is C15H13NO3. The molecular weight excluding hydrogens is 242 g/mol. The Kier molecular flexibility index (Phi) is 2.63. The molecule has 96 valence electrons. The number of fused-ring (bicyclic) bond motifs is 1. The van der Waals surface area contributed by atoms with Crippen molar-refractivity contribution in [2.24, 2.45) is 0 Å². The average Bonchev–Trinajstić information content (AvgIpc) is 2.98. The minimum absolute atomic E-state index is 0.00880. The molecule has 1 aromatic carbocycles. The smallest absolute Gasteiger partial charge is 0.372 e. The van der Waals surface area contributed by atoms with Gasteiger partial charge in [-0.3, -0.25) is 0 Å². The number of furan rings is 1. The maximum absolute atomic E-state index is 11.0. The summed E-state index contributed by atoms with van der Waals surface area (Å²) in [5.74, 6) is -1.03. The van der Waals surface area contributed by atoms with Crippen LogP contribution in [0.2, 0.25) is 0 Å². The first-order valence-electron chi connectivity index (χ1n) is 6.01. The van der Waals surface area contributed by atoms with Crippen LogP contribution in [0.5, 0.6) is 0 Å². The minimum Gasteiger partial charge on any atom is -0.475 e. The van der Waals surface area contributed by atoms with Crippen LogP contribution in [0.25, 0.3) is 10.9 Å². The zero-order valence-corrected chi connectivity index (χ0v) is 10.5. The van der Waals surface area contributed by atoms with Crippen molar-refractivity contribution in [3.8, 4) is 0 Å². The van der Waals surface area contributed by atoms with Crippen LogP contribution in [0.15, 0.2) is 47.2 Å². The van der Waals surface area contributed by atoms with E-state index in [4.69, 9.17) is 9.52 Å². The molecule has 0 saturated carbocycles. The molecule has 0 aliphatic carbocycles. The summed E-state index contributed by atoms with van der Waals surface area (Å²) in [6.45, 7) is 2.55. The lowest BCUT2D eigenvalue weighted by atomic mass is 10.1. The number of hydrogen-bond donors (Lipinski definition) is 1. The number of aromatic nitrogens is 1. The highest BCUT2D eigenvalue weighted by Gasteiger charge is 2.14. The van der Waals surface area contributed by atoms with E-state index in [0.717, 1.165) is 5.52 Å². The van der Waals surface area contributed by atoms with Crippen molar-refractivity contribution in [1.82, 2.24) is 4.57 Å². The topological polar surface area (TPSA) is 55.4 Å².